The fourth-order valence-electron chi connectivity index (χ4n) is 3.26. The first-order valence-corrected chi connectivity index (χ1v) is 6.18. The van der Waals surface area contributed by atoms with Crippen molar-refractivity contribution < 1.29 is 0 Å². The quantitative estimate of drug-likeness (QED) is 0.739. The highest BCUT2D eigenvalue weighted by molar-refractivity contribution is 4.85. The molecule has 0 amide bonds. The molecule has 2 bridgehead atoms. The summed E-state index contributed by atoms with van der Waals surface area (Å²) >= 11 is 0. The maximum absolute atomic E-state index is 3.29. The molecule has 1 N–H and O–H groups in total. The molecule has 1 aliphatic heterocycles. The molecule has 1 heterocycles. The lowest BCUT2D eigenvalue weighted by Gasteiger charge is -2.44. The van der Waals surface area contributed by atoms with Gasteiger partial charge < -0.3 is 5.32 Å². The molecule has 0 spiro atoms. The smallest absolute Gasteiger partial charge is 0.0192 e. The van der Waals surface area contributed by atoms with Gasteiger partial charge in [0, 0.05) is 25.7 Å². The van der Waals surface area contributed by atoms with Crippen LogP contribution in [0.15, 0.2) is 0 Å². The minimum atomic E-state index is 0.725. The maximum Gasteiger partial charge on any atom is 0.0192 e. The van der Waals surface area contributed by atoms with E-state index in [9.17, 15) is 0 Å². The van der Waals surface area contributed by atoms with Crippen LogP contribution in [-0.2, 0) is 0 Å². The van der Waals surface area contributed by atoms with Gasteiger partial charge in [0.2, 0.25) is 0 Å². The lowest BCUT2D eigenvalue weighted by atomic mass is 9.77. The number of fused-ring (bicyclic) bond motifs is 2. The molecule has 1 saturated heterocycles. The van der Waals surface area contributed by atoms with Gasteiger partial charge in [0.05, 0.1) is 0 Å². The summed E-state index contributed by atoms with van der Waals surface area (Å²) in [6.45, 7) is 6.22. The van der Waals surface area contributed by atoms with E-state index in [0.29, 0.717) is 0 Å². The van der Waals surface area contributed by atoms with Gasteiger partial charge in [-0.2, -0.15) is 0 Å². The molecule has 0 radical (unpaired) electrons. The summed E-state index contributed by atoms with van der Waals surface area (Å²) in [5.41, 5.74) is 0. The monoisotopic (exact) mass is 196 g/mol. The fraction of sp³-hybridized carbons (Fsp3) is 1.00. The first-order valence-electron chi connectivity index (χ1n) is 6.18. The number of nitrogens with zero attached hydrogens (tertiary/aromatic N) is 1. The van der Waals surface area contributed by atoms with Crippen LogP contribution in [0.25, 0.3) is 0 Å². The first kappa shape index (κ1) is 10.4. The molecule has 2 heteroatoms. The summed E-state index contributed by atoms with van der Waals surface area (Å²) in [6, 6.07) is 0.725. The minimum Gasteiger partial charge on any atom is -0.318 e. The fourth-order valence-corrected chi connectivity index (χ4v) is 3.26. The molecule has 1 saturated carbocycles. The van der Waals surface area contributed by atoms with Crippen molar-refractivity contribution in [3.63, 3.8) is 0 Å². The van der Waals surface area contributed by atoms with Gasteiger partial charge in [0.15, 0.2) is 0 Å². The van der Waals surface area contributed by atoms with Crippen LogP contribution in [0.4, 0.5) is 0 Å². The van der Waals surface area contributed by atoms with Gasteiger partial charge in [-0.05, 0) is 45.1 Å². The van der Waals surface area contributed by atoms with Crippen LogP contribution in [0.1, 0.15) is 32.6 Å². The van der Waals surface area contributed by atoms with Crippen molar-refractivity contribution in [2.45, 2.75) is 38.6 Å². The van der Waals surface area contributed by atoms with E-state index in [1.807, 2.05) is 0 Å². The Bertz CT molecular complexity index is 169. The molecule has 3 unspecified atom stereocenters. The molecule has 2 rings (SSSR count). The van der Waals surface area contributed by atoms with Gasteiger partial charge in [-0.3, -0.25) is 4.90 Å². The molecule has 1 aliphatic carbocycles. The van der Waals surface area contributed by atoms with E-state index in [1.54, 1.807) is 0 Å². The van der Waals surface area contributed by atoms with E-state index in [-0.39, 0.29) is 0 Å². The van der Waals surface area contributed by atoms with E-state index in [4.69, 9.17) is 0 Å². The summed E-state index contributed by atoms with van der Waals surface area (Å²) < 4.78 is 0. The molecular formula is C12H24N2. The standard InChI is InChI=1S/C12H24N2/c1-10(7-13-2)14-8-11-4-3-5-12(6-11)9-14/h10-13H,3-9H2,1-2H3. The molecule has 2 nitrogen and oxygen atoms in total. The highest BCUT2D eigenvalue weighted by Gasteiger charge is 2.31. The Hall–Kier alpha value is -0.0800. The number of hydrogen-bond acceptors (Lipinski definition) is 2. The van der Waals surface area contributed by atoms with Gasteiger partial charge in [0.25, 0.3) is 0 Å². The third kappa shape index (κ3) is 2.29. The molecule has 3 atom stereocenters. The minimum absolute atomic E-state index is 0.725. The average Bonchev–Trinajstić information content (AvgIpc) is 2.17. The van der Waals surface area contributed by atoms with Crippen molar-refractivity contribution in [1.82, 2.24) is 10.2 Å². The van der Waals surface area contributed by atoms with Crippen LogP contribution in [-0.4, -0.2) is 37.6 Å². The summed E-state index contributed by atoms with van der Waals surface area (Å²) in [6.07, 6.45) is 5.98. The summed E-state index contributed by atoms with van der Waals surface area (Å²) in [7, 11) is 2.06. The average molecular weight is 196 g/mol. The van der Waals surface area contributed by atoms with Crippen LogP contribution in [0.5, 0.6) is 0 Å². The Morgan fingerprint density at radius 3 is 2.50 bits per heavy atom. The predicted octanol–water partition coefficient (Wildman–Crippen LogP) is 1.72. The van der Waals surface area contributed by atoms with E-state index < -0.39 is 0 Å². The Balaban J connectivity index is 1.88. The van der Waals surface area contributed by atoms with Crippen molar-refractivity contribution >= 4 is 0 Å². The lowest BCUT2D eigenvalue weighted by Crippen LogP contribution is -2.49. The molecule has 14 heavy (non-hydrogen) atoms. The number of likely N-dealkylation sites (N-methyl/N-ethyl adjacent to an activating group) is 1. The molecule has 2 fully saturated rings. The SMILES string of the molecule is CNCC(C)N1CC2CCCC(C2)C1. The van der Waals surface area contributed by atoms with Crippen LogP contribution >= 0.6 is 0 Å². The van der Waals surface area contributed by atoms with Crippen molar-refractivity contribution in [2.75, 3.05) is 26.7 Å². The Morgan fingerprint density at radius 1 is 1.29 bits per heavy atom. The Labute approximate surface area is 88.1 Å². The highest BCUT2D eigenvalue weighted by atomic mass is 15.2. The number of piperidine rings is 1. The molecule has 0 aromatic carbocycles. The molecule has 0 aromatic rings. The molecule has 0 aromatic heterocycles. The third-order valence-corrected chi connectivity index (χ3v) is 4.00. The van der Waals surface area contributed by atoms with Crippen LogP contribution in [0, 0.1) is 11.8 Å². The second-order valence-corrected chi connectivity index (χ2v) is 5.26. The lowest BCUT2D eigenvalue weighted by molar-refractivity contribution is 0.0591. The zero-order chi connectivity index (χ0) is 9.97. The molecule has 2 aliphatic rings. The number of likely N-dealkylation sites (tertiary alicyclic amines) is 1. The topological polar surface area (TPSA) is 15.3 Å². The largest absolute Gasteiger partial charge is 0.318 e. The van der Waals surface area contributed by atoms with E-state index in [1.165, 1.54) is 38.8 Å². The van der Waals surface area contributed by atoms with Crippen molar-refractivity contribution in [3.8, 4) is 0 Å². The second kappa shape index (κ2) is 4.63. The zero-order valence-electron chi connectivity index (χ0n) is 9.63. The molecule has 82 valence electrons. The molecular weight excluding hydrogens is 172 g/mol. The van der Waals surface area contributed by atoms with Gasteiger partial charge in [0.1, 0.15) is 0 Å². The predicted molar refractivity (Wildman–Crippen MR) is 60.4 cm³/mol. The van der Waals surface area contributed by atoms with Crippen LogP contribution in [0.2, 0.25) is 0 Å². The zero-order valence-corrected chi connectivity index (χ0v) is 9.63. The van der Waals surface area contributed by atoms with Gasteiger partial charge in [-0.15, -0.1) is 0 Å². The second-order valence-electron chi connectivity index (χ2n) is 5.26. The van der Waals surface area contributed by atoms with Gasteiger partial charge in [-0.1, -0.05) is 6.42 Å². The first-order chi connectivity index (χ1) is 6.79. The van der Waals surface area contributed by atoms with Crippen LogP contribution in [0.3, 0.4) is 0 Å². The van der Waals surface area contributed by atoms with Crippen molar-refractivity contribution in [3.05, 3.63) is 0 Å². The number of hydrogen-bond donors (Lipinski definition) is 1. The van der Waals surface area contributed by atoms with E-state index in [0.717, 1.165) is 24.4 Å². The van der Waals surface area contributed by atoms with Gasteiger partial charge >= 0.3 is 0 Å². The maximum atomic E-state index is 3.29. The Kier molecular flexibility index (Phi) is 3.45. The van der Waals surface area contributed by atoms with Gasteiger partial charge in [-0.25, -0.2) is 0 Å². The summed E-state index contributed by atoms with van der Waals surface area (Å²) in [5.74, 6) is 2.03. The Morgan fingerprint density at radius 2 is 1.93 bits per heavy atom. The highest BCUT2D eigenvalue weighted by Crippen LogP contribution is 2.34. The van der Waals surface area contributed by atoms with E-state index >= 15 is 0 Å². The third-order valence-electron chi connectivity index (χ3n) is 4.00. The normalized spacial score (nSPS) is 35.6. The van der Waals surface area contributed by atoms with E-state index in [2.05, 4.69) is 24.2 Å². The summed E-state index contributed by atoms with van der Waals surface area (Å²) in [4.78, 5) is 2.70. The number of rotatable bonds is 3. The number of nitrogens with one attached hydrogen (secondary N) is 1. The van der Waals surface area contributed by atoms with Crippen LogP contribution < -0.4 is 5.32 Å². The van der Waals surface area contributed by atoms with Crippen molar-refractivity contribution in [2.24, 2.45) is 11.8 Å². The van der Waals surface area contributed by atoms with Crippen molar-refractivity contribution in [1.29, 1.82) is 0 Å². The summed E-state index contributed by atoms with van der Waals surface area (Å²) in [5, 5.41) is 3.29.